The smallest absolute Gasteiger partial charge is 0.164 e. The second-order valence-corrected chi connectivity index (χ2v) is 18.1. The van der Waals surface area contributed by atoms with Crippen LogP contribution >= 0.6 is 11.3 Å². The molecule has 69 heavy (non-hydrogen) atoms. The van der Waals surface area contributed by atoms with E-state index in [1.165, 1.54) is 31.1 Å². The predicted octanol–water partition coefficient (Wildman–Crippen LogP) is 16.1. The highest BCUT2D eigenvalue weighted by atomic mass is 32.1. The van der Waals surface area contributed by atoms with Crippen LogP contribution in [0.4, 0.5) is 0 Å². The van der Waals surface area contributed by atoms with Crippen molar-refractivity contribution in [2.45, 2.75) is 0 Å². The molecule has 0 radical (unpaired) electrons. The maximum atomic E-state index is 5.24. The molecule has 322 valence electrons. The minimum absolute atomic E-state index is 0.617. The van der Waals surface area contributed by atoms with Crippen molar-refractivity contribution in [1.82, 2.24) is 29.9 Å². The van der Waals surface area contributed by atoms with Crippen molar-refractivity contribution in [1.29, 1.82) is 0 Å². The lowest BCUT2D eigenvalue weighted by molar-refractivity contribution is 1.07. The number of nitrogens with zero attached hydrogens (tertiary/aromatic N) is 6. The van der Waals surface area contributed by atoms with E-state index >= 15 is 0 Å². The van der Waals surface area contributed by atoms with Crippen LogP contribution in [0.3, 0.4) is 0 Å². The van der Waals surface area contributed by atoms with Crippen molar-refractivity contribution in [3.8, 4) is 90.6 Å². The Kier molecular flexibility index (Phi) is 9.91. The van der Waals surface area contributed by atoms with Crippen molar-refractivity contribution in [2.24, 2.45) is 0 Å². The van der Waals surface area contributed by atoms with E-state index in [0.29, 0.717) is 34.9 Å². The van der Waals surface area contributed by atoms with Gasteiger partial charge in [0, 0.05) is 53.6 Å². The van der Waals surface area contributed by atoms with Crippen molar-refractivity contribution >= 4 is 53.1 Å². The van der Waals surface area contributed by atoms with Crippen molar-refractivity contribution < 1.29 is 0 Å². The van der Waals surface area contributed by atoms with Crippen LogP contribution in [0.25, 0.3) is 132 Å². The number of rotatable bonds is 8. The van der Waals surface area contributed by atoms with Gasteiger partial charge < -0.3 is 0 Å². The first-order chi connectivity index (χ1) is 34.2. The molecule has 0 aliphatic heterocycles. The average molecular weight is 899 g/mol. The van der Waals surface area contributed by atoms with Crippen LogP contribution in [0.2, 0.25) is 0 Å². The molecule has 0 atom stereocenters. The van der Waals surface area contributed by atoms with Gasteiger partial charge in [0.25, 0.3) is 0 Å². The van der Waals surface area contributed by atoms with Crippen LogP contribution in [0, 0.1) is 0 Å². The summed E-state index contributed by atoms with van der Waals surface area (Å²) in [7, 11) is 0. The molecular formula is C62H38N6S. The topological polar surface area (TPSA) is 77.3 Å². The summed E-state index contributed by atoms with van der Waals surface area (Å²) in [5.41, 5.74) is 10.1. The Hall–Kier alpha value is -9.04. The number of hydrogen-bond acceptors (Lipinski definition) is 7. The third-order valence-corrected chi connectivity index (χ3v) is 14.0. The fourth-order valence-corrected chi connectivity index (χ4v) is 10.6. The third-order valence-electron chi connectivity index (χ3n) is 12.8. The van der Waals surface area contributed by atoms with E-state index in [4.69, 9.17) is 29.9 Å². The van der Waals surface area contributed by atoms with E-state index in [0.717, 1.165) is 66.2 Å². The summed E-state index contributed by atoms with van der Waals surface area (Å²) in [4.78, 5) is 30.5. The average Bonchev–Trinajstić information content (AvgIpc) is 3.83. The van der Waals surface area contributed by atoms with Gasteiger partial charge >= 0.3 is 0 Å². The predicted molar refractivity (Wildman–Crippen MR) is 285 cm³/mol. The van der Waals surface area contributed by atoms with Crippen LogP contribution < -0.4 is 0 Å². The molecule has 13 rings (SSSR count). The number of benzene rings is 10. The minimum atomic E-state index is 0.617. The maximum Gasteiger partial charge on any atom is 0.164 e. The van der Waals surface area contributed by atoms with E-state index in [1.807, 2.05) is 72.0 Å². The van der Waals surface area contributed by atoms with Crippen molar-refractivity contribution in [2.75, 3.05) is 0 Å². The molecule has 0 spiro atoms. The summed E-state index contributed by atoms with van der Waals surface area (Å²) in [5.74, 6) is 3.79. The summed E-state index contributed by atoms with van der Waals surface area (Å²) in [6.07, 6.45) is 0. The van der Waals surface area contributed by atoms with E-state index in [-0.39, 0.29) is 0 Å². The van der Waals surface area contributed by atoms with Gasteiger partial charge in [0.05, 0.1) is 0 Å². The quantitative estimate of drug-likeness (QED) is 0.151. The molecule has 3 heterocycles. The van der Waals surface area contributed by atoms with Gasteiger partial charge in [0.15, 0.2) is 34.9 Å². The summed E-state index contributed by atoms with van der Waals surface area (Å²) in [5, 5.41) is 6.97. The molecular weight excluding hydrogens is 861 g/mol. The van der Waals surface area contributed by atoms with Crippen LogP contribution in [0.1, 0.15) is 0 Å². The Bertz CT molecular complexity index is 4010. The van der Waals surface area contributed by atoms with Gasteiger partial charge in [0.1, 0.15) is 0 Å². The number of aromatic nitrogens is 6. The van der Waals surface area contributed by atoms with E-state index in [2.05, 4.69) is 170 Å². The SMILES string of the molecule is c1ccc(-c2nc(-c3ccccc3)nc(-c3ccc(-c4ccc(-c5cccc(-c6nc(-c7ccc8ccccc8c7)nc(-c7cccc8ccccc78)n6)c5)c5c4sc4ccccc45)cc3)n2)cc1. The molecule has 7 heteroatoms. The maximum absolute atomic E-state index is 5.24. The summed E-state index contributed by atoms with van der Waals surface area (Å²) in [6.45, 7) is 0. The fraction of sp³-hybridized carbons (Fsp3) is 0. The van der Waals surface area contributed by atoms with Gasteiger partial charge in [-0.1, -0.05) is 212 Å². The van der Waals surface area contributed by atoms with Crippen molar-refractivity contribution in [3.05, 3.63) is 231 Å². The van der Waals surface area contributed by atoms with E-state index in [9.17, 15) is 0 Å². The molecule has 0 saturated carbocycles. The van der Waals surface area contributed by atoms with Gasteiger partial charge in [-0.25, -0.2) is 29.9 Å². The highest BCUT2D eigenvalue weighted by Crippen LogP contribution is 2.45. The zero-order chi connectivity index (χ0) is 45.7. The van der Waals surface area contributed by atoms with Crippen LogP contribution in [-0.2, 0) is 0 Å². The van der Waals surface area contributed by atoms with Gasteiger partial charge in [-0.05, 0) is 62.0 Å². The number of thiophene rings is 1. The van der Waals surface area contributed by atoms with Gasteiger partial charge in [-0.3, -0.25) is 0 Å². The summed E-state index contributed by atoms with van der Waals surface area (Å²) in [6, 6.07) is 80.2. The first kappa shape index (κ1) is 40.3. The molecule has 0 amide bonds. The van der Waals surface area contributed by atoms with Crippen LogP contribution in [-0.4, -0.2) is 29.9 Å². The second kappa shape index (κ2) is 17.0. The Morgan fingerprint density at radius 2 is 0.710 bits per heavy atom. The first-order valence-corrected chi connectivity index (χ1v) is 23.7. The van der Waals surface area contributed by atoms with Crippen molar-refractivity contribution in [3.63, 3.8) is 0 Å². The third kappa shape index (κ3) is 7.48. The molecule has 0 saturated heterocycles. The molecule has 3 aromatic heterocycles. The minimum Gasteiger partial charge on any atom is -0.208 e. The summed E-state index contributed by atoms with van der Waals surface area (Å²) < 4.78 is 2.46. The summed E-state index contributed by atoms with van der Waals surface area (Å²) >= 11 is 1.83. The standard InChI is InChI=1S/C62H38N6S/c1-3-17-42(18-4-1)57-63-58(43-19-5-2-6-20-43)65-59(64-57)44-32-30-41(31-33-44)51-36-35-50(55-53-26-11-12-28-54(53)69-56(51)55)46-23-13-24-47(38-46)60-66-61(48-34-29-39-15-7-8-21-45(39)37-48)68-62(67-60)52-27-14-22-40-16-9-10-25-49(40)52/h1-38H. The Balaban J connectivity index is 0.918. The molecule has 10 aromatic carbocycles. The van der Waals surface area contributed by atoms with Crippen LogP contribution in [0.5, 0.6) is 0 Å². The zero-order valence-electron chi connectivity index (χ0n) is 37.0. The normalized spacial score (nSPS) is 11.5. The second-order valence-electron chi connectivity index (χ2n) is 17.1. The highest BCUT2D eigenvalue weighted by Gasteiger charge is 2.19. The van der Waals surface area contributed by atoms with E-state index in [1.54, 1.807) is 0 Å². The number of fused-ring (bicyclic) bond motifs is 5. The molecule has 0 fully saturated rings. The lowest BCUT2D eigenvalue weighted by atomic mass is 9.93. The first-order valence-electron chi connectivity index (χ1n) is 22.9. The molecule has 0 unspecified atom stereocenters. The zero-order valence-corrected chi connectivity index (χ0v) is 37.8. The lowest BCUT2D eigenvalue weighted by Crippen LogP contribution is -2.00. The lowest BCUT2D eigenvalue weighted by Gasteiger charge is -2.13. The van der Waals surface area contributed by atoms with Gasteiger partial charge in [0.2, 0.25) is 0 Å². The Morgan fingerprint density at radius 3 is 1.42 bits per heavy atom. The van der Waals surface area contributed by atoms with Crippen LogP contribution in [0.15, 0.2) is 231 Å². The fourth-order valence-electron chi connectivity index (χ4n) is 9.36. The largest absolute Gasteiger partial charge is 0.208 e. The molecule has 13 aromatic rings. The van der Waals surface area contributed by atoms with Gasteiger partial charge in [-0.15, -0.1) is 11.3 Å². The monoisotopic (exact) mass is 898 g/mol. The Labute approximate surface area is 402 Å². The molecule has 6 nitrogen and oxygen atoms in total. The van der Waals surface area contributed by atoms with Gasteiger partial charge in [-0.2, -0.15) is 0 Å². The molecule has 0 aliphatic carbocycles. The Morgan fingerprint density at radius 1 is 0.246 bits per heavy atom. The molecule has 0 N–H and O–H groups in total. The highest BCUT2D eigenvalue weighted by molar-refractivity contribution is 7.26. The molecule has 0 aliphatic rings. The number of hydrogen-bond donors (Lipinski definition) is 0. The molecule has 0 bridgehead atoms. The van der Waals surface area contributed by atoms with E-state index < -0.39 is 0 Å².